The number of likely N-dealkylation sites (tertiary alicyclic amines) is 1. The van der Waals surface area contributed by atoms with Crippen molar-refractivity contribution in [1.29, 1.82) is 0 Å². The minimum absolute atomic E-state index is 0.0750. The molecule has 42 heavy (non-hydrogen) atoms. The highest BCUT2D eigenvalue weighted by Crippen LogP contribution is 2.65. The van der Waals surface area contributed by atoms with Gasteiger partial charge in [0.05, 0.1) is 16.6 Å². The van der Waals surface area contributed by atoms with Gasteiger partial charge in [-0.15, -0.1) is 11.8 Å². The second kappa shape index (κ2) is 11.0. The molecule has 0 saturated carbocycles. The Kier molecular flexibility index (Phi) is 7.56. The molecule has 1 N–H and O–H groups in total. The number of benzene rings is 2. The van der Waals surface area contributed by atoms with Crippen LogP contribution in [-0.4, -0.2) is 69.5 Å². The molecule has 1 spiro atoms. The standard InChI is InChI=1S/C34H39N3O4S/c1-23-13-10-14-24(2)28(23)36-21-12-18-34-27(31(40)37(29(34)32(36)41)19-8-5-9-22-38)26-30(39)35(25-15-6-4-7-16-25)20-11-17-33(26,3)42-34/h4,6-7,10-18,26-27,29,38H,5,8-9,19-22H2,1-3H3/t26-,27+,29?,33+,34+/m1/s1. The first-order valence-corrected chi connectivity index (χ1v) is 15.8. The highest BCUT2D eigenvalue weighted by molar-refractivity contribution is 8.02. The molecule has 2 aromatic carbocycles. The van der Waals surface area contributed by atoms with Gasteiger partial charge in [-0.2, -0.15) is 0 Å². The zero-order valence-corrected chi connectivity index (χ0v) is 25.3. The summed E-state index contributed by atoms with van der Waals surface area (Å²) in [4.78, 5) is 49.3. The molecular formula is C34H39N3O4S. The van der Waals surface area contributed by atoms with Crippen LogP contribution in [0.5, 0.6) is 0 Å². The molecule has 5 atom stereocenters. The van der Waals surface area contributed by atoms with Gasteiger partial charge in [0.25, 0.3) is 5.91 Å². The van der Waals surface area contributed by atoms with Crippen LogP contribution in [0.15, 0.2) is 72.8 Å². The molecule has 4 aliphatic heterocycles. The summed E-state index contributed by atoms with van der Waals surface area (Å²) in [5, 5.41) is 9.35. The number of anilines is 2. The Morgan fingerprint density at radius 1 is 0.810 bits per heavy atom. The van der Waals surface area contributed by atoms with E-state index in [4.69, 9.17) is 0 Å². The Labute approximate surface area is 252 Å². The summed E-state index contributed by atoms with van der Waals surface area (Å²) < 4.78 is -1.53. The number of thioether (sulfide) groups is 1. The van der Waals surface area contributed by atoms with Crippen molar-refractivity contribution < 1.29 is 19.5 Å². The van der Waals surface area contributed by atoms with E-state index < -0.39 is 27.4 Å². The van der Waals surface area contributed by atoms with Gasteiger partial charge in [-0.3, -0.25) is 14.4 Å². The van der Waals surface area contributed by atoms with Gasteiger partial charge in [0, 0.05) is 42.4 Å². The lowest BCUT2D eigenvalue weighted by molar-refractivity contribution is -0.139. The topological polar surface area (TPSA) is 81.2 Å². The first-order chi connectivity index (χ1) is 20.2. The van der Waals surface area contributed by atoms with Crippen molar-refractivity contribution in [3.8, 4) is 0 Å². The lowest BCUT2D eigenvalue weighted by Gasteiger charge is -2.37. The van der Waals surface area contributed by atoms with E-state index in [2.05, 4.69) is 19.1 Å². The van der Waals surface area contributed by atoms with Crippen LogP contribution in [-0.2, 0) is 14.4 Å². The molecule has 4 aliphatic rings. The van der Waals surface area contributed by atoms with Gasteiger partial charge < -0.3 is 19.8 Å². The van der Waals surface area contributed by atoms with Gasteiger partial charge in [0.15, 0.2) is 0 Å². The molecular weight excluding hydrogens is 546 g/mol. The van der Waals surface area contributed by atoms with Crippen LogP contribution < -0.4 is 9.80 Å². The van der Waals surface area contributed by atoms with Crippen molar-refractivity contribution in [2.24, 2.45) is 11.8 Å². The Morgan fingerprint density at radius 2 is 1.50 bits per heavy atom. The number of aliphatic hydroxyl groups is 1. The minimum Gasteiger partial charge on any atom is -0.396 e. The molecule has 1 unspecified atom stereocenters. The SMILES string of the molecule is Cc1cccc(C)c1N1CC=C[C@]23S[C@@]4(C)C=CCN(c5ccccc5)C(=O)[C@H]4[C@H]2C(=O)N(CCCCCO)C3C1=O. The fourth-order valence-corrected chi connectivity index (χ4v) is 9.76. The summed E-state index contributed by atoms with van der Waals surface area (Å²) in [7, 11) is 0. The average molecular weight is 586 g/mol. The smallest absolute Gasteiger partial charge is 0.251 e. The number of rotatable bonds is 7. The third-order valence-electron chi connectivity index (χ3n) is 9.39. The molecule has 7 nitrogen and oxygen atoms in total. The lowest BCUT2D eigenvalue weighted by Crippen LogP contribution is -2.53. The zero-order chi connectivity index (χ0) is 29.6. The van der Waals surface area contributed by atoms with Crippen molar-refractivity contribution >= 4 is 40.9 Å². The molecule has 3 amide bonds. The van der Waals surface area contributed by atoms with Crippen LogP contribution >= 0.6 is 11.8 Å². The van der Waals surface area contributed by atoms with Gasteiger partial charge in [-0.25, -0.2) is 0 Å². The number of amides is 3. The summed E-state index contributed by atoms with van der Waals surface area (Å²) in [5.41, 5.74) is 3.71. The van der Waals surface area contributed by atoms with E-state index in [0.29, 0.717) is 32.5 Å². The number of carbonyl (C=O) groups excluding carboxylic acids is 3. The first-order valence-electron chi connectivity index (χ1n) is 14.9. The molecule has 8 heteroatoms. The predicted octanol–water partition coefficient (Wildman–Crippen LogP) is 4.66. The van der Waals surface area contributed by atoms with Crippen LogP contribution in [0.4, 0.5) is 11.4 Å². The van der Waals surface area contributed by atoms with E-state index in [1.54, 1.807) is 21.6 Å². The molecule has 0 bridgehead atoms. The number of aliphatic hydroxyl groups excluding tert-OH is 1. The van der Waals surface area contributed by atoms with Crippen molar-refractivity contribution in [2.75, 3.05) is 36.0 Å². The van der Waals surface area contributed by atoms with Crippen LogP contribution in [0.25, 0.3) is 0 Å². The Hall–Kier alpha value is -3.36. The van der Waals surface area contributed by atoms with Gasteiger partial charge in [-0.05, 0) is 63.3 Å². The normalized spacial score (nSPS) is 30.3. The number of para-hydroxylation sites is 2. The van der Waals surface area contributed by atoms with E-state index in [1.165, 1.54) is 0 Å². The van der Waals surface area contributed by atoms with Crippen LogP contribution in [0.2, 0.25) is 0 Å². The summed E-state index contributed by atoms with van der Waals surface area (Å²) in [6.45, 7) is 7.44. The maximum Gasteiger partial charge on any atom is 0.251 e. The van der Waals surface area contributed by atoms with Crippen LogP contribution in [0.1, 0.15) is 37.3 Å². The Bertz CT molecular complexity index is 1440. The number of hydrogen-bond donors (Lipinski definition) is 1. The van der Waals surface area contributed by atoms with E-state index in [9.17, 15) is 19.5 Å². The molecule has 0 aromatic heterocycles. The fourth-order valence-electron chi connectivity index (χ4n) is 7.60. The summed E-state index contributed by atoms with van der Waals surface area (Å²) in [5.74, 6) is -1.59. The van der Waals surface area contributed by atoms with Crippen molar-refractivity contribution in [2.45, 2.75) is 55.6 Å². The molecule has 6 rings (SSSR count). The summed E-state index contributed by atoms with van der Waals surface area (Å²) in [6, 6.07) is 14.9. The van der Waals surface area contributed by atoms with Gasteiger partial charge >= 0.3 is 0 Å². The van der Waals surface area contributed by atoms with Crippen molar-refractivity contribution in [3.63, 3.8) is 0 Å². The highest BCUT2D eigenvalue weighted by Gasteiger charge is 2.74. The quantitative estimate of drug-likeness (QED) is 0.378. The Morgan fingerprint density at radius 3 is 2.21 bits per heavy atom. The Balaban J connectivity index is 1.46. The third-order valence-corrected chi connectivity index (χ3v) is 11.2. The monoisotopic (exact) mass is 585 g/mol. The number of hydrogen-bond acceptors (Lipinski definition) is 5. The number of nitrogens with zero attached hydrogens (tertiary/aromatic N) is 3. The fraction of sp³-hybridized carbons (Fsp3) is 0.441. The predicted molar refractivity (Wildman–Crippen MR) is 167 cm³/mol. The van der Waals surface area contributed by atoms with E-state index >= 15 is 0 Å². The zero-order valence-electron chi connectivity index (χ0n) is 24.5. The molecule has 2 fully saturated rings. The third kappa shape index (κ3) is 4.42. The van der Waals surface area contributed by atoms with Crippen molar-refractivity contribution in [1.82, 2.24) is 4.90 Å². The van der Waals surface area contributed by atoms with Gasteiger partial charge in [0.2, 0.25) is 11.8 Å². The molecule has 220 valence electrons. The van der Waals surface area contributed by atoms with E-state index in [1.807, 2.05) is 79.4 Å². The first kappa shape index (κ1) is 28.7. The molecule has 0 radical (unpaired) electrons. The summed E-state index contributed by atoms with van der Waals surface area (Å²) >= 11 is 1.62. The van der Waals surface area contributed by atoms with E-state index in [0.717, 1.165) is 28.9 Å². The summed E-state index contributed by atoms with van der Waals surface area (Å²) in [6.07, 6.45) is 10.3. The van der Waals surface area contributed by atoms with E-state index in [-0.39, 0.29) is 24.3 Å². The number of fused-ring (bicyclic) bond motifs is 2. The maximum absolute atomic E-state index is 14.8. The molecule has 2 aromatic rings. The van der Waals surface area contributed by atoms with Gasteiger partial charge in [0.1, 0.15) is 6.04 Å². The molecule has 4 heterocycles. The van der Waals surface area contributed by atoms with Gasteiger partial charge in [-0.1, -0.05) is 60.7 Å². The average Bonchev–Trinajstić information content (AvgIpc) is 3.23. The largest absolute Gasteiger partial charge is 0.396 e. The highest BCUT2D eigenvalue weighted by atomic mass is 32.2. The van der Waals surface area contributed by atoms with Crippen LogP contribution in [0, 0.1) is 25.7 Å². The number of carbonyl (C=O) groups is 3. The number of aryl methyl sites for hydroxylation is 2. The second-order valence-electron chi connectivity index (χ2n) is 12.1. The van der Waals surface area contributed by atoms with Crippen LogP contribution in [0.3, 0.4) is 0 Å². The molecule has 2 saturated heterocycles. The number of unbranched alkanes of at least 4 members (excludes halogenated alkanes) is 2. The second-order valence-corrected chi connectivity index (χ2v) is 13.9. The maximum atomic E-state index is 14.8. The minimum atomic E-state index is -0.879. The lowest BCUT2D eigenvalue weighted by atomic mass is 9.74. The van der Waals surface area contributed by atoms with Crippen molar-refractivity contribution in [3.05, 3.63) is 84.0 Å². The molecule has 0 aliphatic carbocycles.